The van der Waals surface area contributed by atoms with Gasteiger partial charge in [0, 0.05) is 18.5 Å². The molecule has 3 rings (SSSR count). The van der Waals surface area contributed by atoms with Crippen LogP contribution in [0.2, 0.25) is 0 Å². The lowest BCUT2D eigenvalue weighted by Crippen LogP contribution is -2.31. The van der Waals surface area contributed by atoms with Crippen LogP contribution in [0.15, 0.2) is 36.4 Å². The molecule has 1 aliphatic rings. The maximum absolute atomic E-state index is 4.62. The van der Waals surface area contributed by atoms with E-state index in [2.05, 4.69) is 39.7 Å². The number of hydrazine groups is 1. The number of hydrogen-bond acceptors (Lipinski definition) is 3. The molecular formula is C12H13N3. The number of benzene rings is 1. The van der Waals surface area contributed by atoms with E-state index in [4.69, 9.17) is 0 Å². The minimum Gasteiger partial charge on any atom is -0.292 e. The first kappa shape index (κ1) is 8.68. The molecule has 2 aromatic rings. The third kappa shape index (κ3) is 1.55. The van der Waals surface area contributed by atoms with Gasteiger partial charge in [-0.05, 0) is 24.6 Å². The van der Waals surface area contributed by atoms with Crippen LogP contribution in [-0.2, 0) is 0 Å². The van der Waals surface area contributed by atoms with Gasteiger partial charge in [0.2, 0.25) is 0 Å². The van der Waals surface area contributed by atoms with Crippen molar-refractivity contribution in [1.29, 1.82) is 0 Å². The average molecular weight is 199 g/mol. The van der Waals surface area contributed by atoms with Crippen molar-refractivity contribution in [2.24, 2.45) is 0 Å². The number of hydrogen-bond donors (Lipinski definition) is 1. The monoisotopic (exact) mass is 199 g/mol. The lowest BCUT2D eigenvalue weighted by atomic mass is 10.2. The second kappa shape index (κ2) is 3.51. The molecule has 3 heteroatoms. The fourth-order valence-corrected chi connectivity index (χ4v) is 1.93. The van der Waals surface area contributed by atoms with E-state index in [-0.39, 0.29) is 0 Å². The van der Waals surface area contributed by atoms with Crippen LogP contribution >= 0.6 is 0 Å². The summed E-state index contributed by atoms with van der Waals surface area (Å²) in [4.78, 5) is 4.62. The zero-order valence-corrected chi connectivity index (χ0v) is 8.48. The molecule has 1 aliphatic heterocycles. The minimum atomic E-state index is 1.02. The maximum atomic E-state index is 4.62. The van der Waals surface area contributed by atoms with Gasteiger partial charge in [-0.3, -0.25) is 5.01 Å². The molecule has 15 heavy (non-hydrogen) atoms. The molecule has 1 N–H and O–H groups in total. The van der Waals surface area contributed by atoms with E-state index in [9.17, 15) is 0 Å². The summed E-state index contributed by atoms with van der Waals surface area (Å²) in [6, 6.07) is 12.4. The highest BCUT2D eigenvalue weighted by molar-refractivity contribution is 5.80. The van der Waals surface area contributed by atoms with Crippen LogP contribution in [0.5, 0.6) is 0 Å². The Bertz CT molecular complexity index is 475. The summed E-state index contributed by atoms with van der Waals surface area (Å²) in [6.07, 6.45) is 1.19. The zero-order valence-electron chi connectivity index (χ0n) is 8.48. The predicted octanol–water partition coefficient (Wildman–Crippen LogP) is 1.95. The topological polar surface area (TPSA) is 28.2 Å². The van der Waals surface area contributed by atoms with Crippen molar-refractivity contribution >= 4 is 16.7 Å². The molecule has 0 unspecified atom stereocenters. The van der Waals surface area contributed by atoms with E-state index in [0.29, 0.717) is 0 Å². The minimum absolute atomic E-state index is 1.02. The fraction of sp³-hybridized carbons (Fsp3) is 0.250. The molecule has 0 spiro atoms. The van der Waals surface area contributed by atoms with Gasteiger partial charge in [0.15, 0.2) is 0 Å². The van der Waals surface area contributed by atoms with Gasteiger partial charge in [-0.25, -0.2) is 10.4 Å². The van der Waals surface area contributed by atoms with E-state index in [1.54, 1.807) is 0 Å². The Balaban J connectivity index is 2.05. The molecule has 0 amide bonds. The van der Waals surface area contributed by atoms with Gasteiger partial charge < -0.3 is 0 Å². The lowest BCUT2D eigenvalue weighted by Gasteiger charge is -2.16. The first-order valence-corrected chi connectivity index (χ1v) is 5.30. The van der Waals surface area contributed by atoms with Crippen molar-refractivity contribution in [3.8, 4) is 0 Å². The van der Waals surface area contributed by atoms with Crippen molar-refractivity contribution in [2.75, 3.05) is 18.1 Å². The molecule has 0 saturated carbocycles. The highest BCUT2D eigenvalue weighted by atomic mass is 15.5. The molecule has 3 nitrogen and oxygen atoms in total. The number of nitrogens with zero attached hydrogens (tertiary/aromatic N) is 2. The summed E-state index contributed by atoms with van der Waals surface area (Å²) in [5, 5.41) is 3.31. The summed E-state index contributed by atoms with van der Waals surface area (Å²) < 4.78 is 0. The molecule has 1 aromatic carbocycles. The van der Waals surface area contributed by atoms with Gasteiger partial charge >= 0.3 is 0 Å². The molecular weight excluding hydrogens is 186 g/mol. The lowest BCUT2D eigenvalue weighted by molar-refractivity contribution is 0.776. The first-order valence-electron chi connectivity index (χ1n) is 5.30. The van der Waals surface area contributed by atoms with Crippen LogP contribution in [0.3, 0.4) is 0 Å². The highest BCUT2D eigenvalue weighted by Crippen LogP contribution is 2.18. The van der Waals surface area contributed by atoms with Crippen LogP contribution in [-0.4, -0.2) is 18.1 Å². The molecule has 0 aliphatic carbocycles. The zero-order chi connectivity index (χ0) is 10.1. The van der Waals surface area contributed by atoms with E-state index in [1.807, 2.05) is 12.1 Å². The summed E-state index contributed by atoms with van der Waals surface area (Å²) in [7, 11) is 0. The van der Waals surface area contributed by atoms with Crippen molar-refractivity contribution in [2.45, 2.75) is 6.42 Å². The Morgan fingerprint density at radius 1 is 1.13 bits per heavy atom. The fourth-order valence-electron chi connectivity index (χ4n) is 1.93. The second-order valence-electron chi connectivity index (χ2n) is 3.78. The number of aromatic nitrogens is 1. The largest absolute Gasteiger partial charge is 0.292 e. The van der Waals surface area contributed by atoms with Gasteiger partial charge in [-0.15, -0.1) is 0 Å². The van der Waals surface area contributed by atoms with Crippen LogP contribution in [0, 0.1) is 0 Å². The second-order valence-corrected chi connectivity index (χ2v) is 3.78. The third-order valence-corrected chi connectivity index (χ3v) is 2.72. The number of pyridine rings is 1. The van der Waals surface area contributed by atoms with Crippen molar-refractivity contribution in [3.05, 3.63) is 36.4 Å². The number of rotatable bonds is 1. The van der Waals surface area contributed by atoms with E-state index >= 15 is 0 Å². The summed E-state index contributed by atoms with van der Waals surface area (Å²) >= 11 is 0. The normalized spacial score (nSPS) is 16.1. The quantitative estimate of drug-likeness (QED) is 0.761. The molecule has 76 valence electrons. The van der Waals surface area contributed by atoms with E-state index < -0.39 is 0 Å². The Kier molecular flexibility index (Phi) is 2.03. The van der Waals surface area contributed by atoms with Gasteiger partial charge in [0.25, 0.3) is 0 Å². The Morgan fingerprint density at radius 3 is 2.93 bits per heavy atom. The van der Waals surface area contributed by atoms with E-state index in [0.717, 1.165) is 24.4 Å². The highest BCUT2D eigenvalue weighted by Gasteiger charge is 2.12. The number of fused-ring (bicyclic) bond motifs is 1. The third-order valence-electron chi connectivity index (χ3n) is 2.72. The predicted molar refractivity (Wildman–Crippen MR) is 61.7 cm³/mol. The number of anilines is 1. The van der Waals surface area contributed by atoms with Crippen LogP contribution in [0.25, 0.3) is 10.9 Å². The average Bonchev–Trinajstić information content (AvgIpc) is 2.82. The molecule has 0 atom stereocenters. The molecule has 1 saturated heterocycles. The maximum Gasteiger partial charge on any atom is 0.143 e. The Labute approximate surface area is 88.7 Å². The van der Waals surface area contributed by atoms with Crippen LogP contribution < -0.4 is 10.4 Å². The Hall–Kier alpha value is -1.61. The number of nitrogens with one attached hydrogen (secondary N) is 1. The molecule has 0 radical (unpaired) electrons. The summed E-state index contributed by atoms with van der Waals surface area (Å²) in [5.41, 5.74) is 4.37. The molecule has 2 heterocycles. The molecule has 1 fully saturated rings. The SMILES string of the molecule is c1ccc2nc(N3CCCN3)ccc2c1. The smallest absolute Gasteiger partial charge is 0.143 e. The van der Waals surface area contributed by atoms with Crippen molar-refractivity contribution in [1.82, 2.24) is 10.4 Å². The van der Waals surface area contributed by atoms with E-state index in [1.165, 1.54) is 11.8 Å². The van der Waals surface area contributed by atoms with Crippen LogP contribution in [0.4, 0.5) is 5.82 Å². The van der Waals surface area contributed by atoms with Gasteiger partial charge in [0.1, 0.15) is 5.82 Å². The molecule has 1 aromatic heterocycles. The number of para-hydroxylation sites is 1. The Morgan fingerprint density at radius 2 is 2.07 bits per heavy atom. The van der Waals surface area contributed by atoms with Crippen LogP contribution in [0.1, 0.15) is 6.42 Å². The summed E-state index contributed by atoms with van der Waals surface area (Å²) in [6.45, 7) is 2.10. The molecule has 0 bridgehead atoms. The van der Waals surface area contributed by atoms with Gasteiger partial charge in [-0.1, -0.05) is 18.2 Å². The summed E-state index contributed by atoms with van der Waals surface area (Å²) in [5.74, 6) is 1.02. The standard InChI is InChI=1S/C12H13N3/c1-2-5-11-10(4-1)6-7-12(14-11)15-9-3-8-13-15/h1-2,4-7,13H,3,8-9H2. The van der Waals surface area contributed by atoms with Crippen molar-refractivity contribution < 1.29 is 0 Å². The van der Waals surface area contributed by atoms with Gasteiger partial charge in [0.05, 0.1) is 5.52 Å². The van der Waals surface area contributed by atoms with Gasteiger partial charge in [-0.2, -0.15) is 0 Å². The first-order chi connectivity index (χ1) is 7.43. The van der Waals surface area contributed by atoms with Crippen molar-refractivity contribution in [3.63, 3.8) is 0 Å².